The lowest BCUT2D eigenvalue weighted by Crippen LogP contribution is -2.43. The molecule has 0 aliphatic heterocycles. The number of hydrogen-bond donors (Lipinski definition) is 2. The fourth-order valence-electron chi connectivity index (χ4n) is 1.92. The monoisotopic (exact) mass is 282 g/mol. The quantitative estimate of drug-likeness (QED) is 0.797. The lowest BCUT2D eigenvalue weighted by Gasteiger charge is -2.27. The minimum atomic E-state index is -0.845. The molecule has 0 unspecified atom stereocenters. The number of aliphatic hydroxyl groups is 1. The highest BCUT2D eigenvalue weighted by atomic mass is 19.1. The predicted molar refractivity (Wildman–Crippen MR) is 76.7 cm³/mol. The van der Waals surface area contributed by atoms with E-state index >= 15 is 0 Å². The van der Waals surface area contributed by atoms with Gasteiger partial charge in [0.25, 0.3) is 0 Å². The lowest BCUT2D eigenvalue weighted by molar-refractivity contribution is -0.123. The number of rotatable bonds is 7. The number of nitrogens with one attached hydrogen (secondary N) is 1. The Bertz CT molecular complexity index is 444. The third-order valence-electron chi connectivity index (χ3n) is 2.86. The minimum Gasteiger partial charge on any atom is -0.389 e. The zero-order chi connectivity index (χ0) is 15.2. The molecular weight excluding hydrogens is 259 g/mol. The van der Waals surface area contributed by atoms with Crippen LogP contribution in [0.1, 0.15) is 26.3 Å². The van der Waals surface area contributed by atoms with Gasteiger partial charge in [-0.15, -0.1) is 0 Å². The van der Waals surface area contributed by atoms with E-state index in [0.717, 1.165) is 0 Å². The van der Waals surface area contributed by atoms with Crippen LogP contribution >= 0.6 is 0 Å². The fraction of sp³-hybridized carbons (Fsp3) is 0.533. The van der Waals surface area contributed by atoms with E-state index in [9.17, 15) is 14.3 Å². The number of carbonyl (C=O) groups excluding carboxylic acids is 1. The molecule has 2 N–H and O–H groups in total. The second-order valence-corrected chi connectivity index (χ2v) is 5.48. The van der Waals surface area contributed by atoms with Crippen LogP contribution in [-0.4, -0.2) is 41.1 Å². The fourth-order valence-corrected chi connectivity index (χ4v) is 1.92. The number of nitrogens with zero attached hydrogens (tertiary/aromatic N) is 1. The molecule has 112 valence electrons. The first-order chi connectivity index (χ1) is 9.31. The minimum absolute atomic E-state index is 0.172. The summed E-state index contributed by atoms with van der Waals surface area (Å²) in [6.45, 7) is 6.77. The number of halogens is 1. The van der Waals surface area contributed by atoms with Crippen molar-refractivity contribution in [3.05, 3.63) is 35.6 Å². The van der Waals surface area contributed by atoms with Gasteiger partial charge in [0.05, 0.1) is 12.1 Å². The average Bonchev–Trinajstić information content (AvgIpc) is 2.35. The maximum Gasteiger partial charge on any atom is 0.234 e. The molecule has 0 fully saturated rings. The third kappa shape index (κ3) is 6.12. The molecule has 0 aromatic heterocycles. The smallest absolute Gasteiger partial charge is 0.234 e. The molecular formula is C15H23FN2O2. The van der Waals surface area contributed by atoms with E-state index in [4.69, 9.17) is 0 Å². The van der Waals surface area contributed by atoms with Gasteiger partial charge in [0.2, 0.25) is 5.91 Å². The highest BCUT2D eigenvalue weighted by Gasteiger charge is 2.19. The molecule has 1 aromatic carbocycles. The van der Waals surface area contributed by atoms with Gasteiger partial charge in [-0.2, -0.15) is 0 Å². The Balaban J connectivity index is 2.45. The predicted octanol–water partition coefficient (Wildman–Crippen LogP) is 1.53. The van der Waals surface area contributed by atoms with E-state index in [-0.39, 0.29) is 24.8 Å². The van der Waals surface area contributed by atoms with Crippen LogP contribution in [-0.2, 0) is 11.3 Å². The first-order valence-electron chi connectivity index (χ1n) is 6.76. The first-order valence-corrected chi connectivity index (χ1v) is 6.76. The van der Waals surface area contributed by atoms with Crippen molar-refractivity contribution in [3.8, 4) is 0 Å². The Labute approximate surface area is 119 Å². The molecule has 0 spiro atoms. The number of hydrogen-bond acceptors (Lipinski definition) is 3. The number of benzene rings is 1. The van der Waals surface area contributed by atoms with Crippen LogP contribution in [0.25, 0.3) is 0 Å². The largest absolute Gasteiger partial charge is 0.389 e. The Hall–Kier alpha value is -1.46. The average molecular weight is 282 g/mol. The molecule has 4 nitrogen and oxygen atoms in total. The van der Waals surface area contributed by atoms with Crippen molar-refractivity contribution in [2.45, 2.75) is 32.9 Å². The highest BCUT2D eigenvalue weighted by Crippen LogP contribution is 2.06. The van der Waals surface area contributed by atoms with Crippen molar-refractivity contribution in [1.82, 2.24) is 10.2 Å². The Kier molecular flexibility index (Phi) is 6.10. The van der Waals surface area contributed by atoms with Gasteiger partial charge >= 0.3 is 0 Å². The zero-order valence-corrected chi connectivity index (χ0v) is 12.3. The maximum atomic E-state index is 13.4. The van der Waals surface area contributed by atoms with Gasteiger partial charge in [0.1, 0.15) is 5.82 Å². The standard InChI is InChI=1S/C15H23FN2O2/c1-4-18(11-15(2,3)20)10-14(19)17-9-12-7-5-6-8-13(12)16/h5-8,20H,4,9-11H2,1-3H3,(H,17,19). The van der Waals surface area contributed by atoms with Gasteiger partial charge in [-0.1, -0.05) is 25.1 Å². The lowest BCUT2D eigenvalue weighted by atomic mass is 10.1. The van der Waals surface area contributed by atoms with Gasteiger partial charge in [0.15, 0.2) is 0 Å². The summed E-state index contributed by atoms with van der Waals surface area (Å²) in [5.74, 6) is -0.504. The van der Waals surface area contributed by atoms with Crippen LogP contribution in [0.5, 0.6) is 0 Å². The van der Waals surface area contributed by atoms with Crippen molar-refractivity contribution in [3.63, 3.8) is 0 Å². The van der Waals surface area contributed by atoms with E-state index in [0.29, 0.717) is 18.7 Å². The number of carbonyl (C=O) groups is 1. The number of amides is 1. The Morgan fingerprint density at radius 3 is 2.60 bits per heavy atom. The van der Waals surface area contributed by atoms with Crippen molar-refractivity contribution >= 4 is 5.91 Å². The highest BCUT2D eigenvalue weighted by molar-refractivity contribution is 5.78. The molecule has 0 heterocycles. The van der Waals surface area contributed by atoms with Crippen molar-refractivity contribution in [1.29, 1.82) is 0 Å². The van der Waals surface area contributed by atoms with Crippen LogP contribution in [0.4, 0.5) is 4.39 Å². The van der Waals surface area contributed by atoms with Crippen LogP contribution in [0.2, 0.25) is 0 Å². The summed E-state index contributed by atoms with van der Waals surface area (Å²) in [4.78, 5) is 13.7. The molecule has 0 aliphatic carbocycles. The summed E-state index contributed by atoms with van der Waals surface area (Å²) in [7, 11) is 0. The molecule has 0 atom stereocenters. The summed E-state index contributed by atoms with van der Waals surface area (Å²) < 4.78 is 13.4. The summed E-state index contributed by atoms with van der Waals surface area (Å²) in [6.07, 6.45) is 0. The molecule has 1 aromatic rings. The van der Waals surface area contributed by atoms with Crippen LogP contribution in [0.15, 0.2) is 24.3 Å². The van der Waals surface area contributed by atoms with Gasteiger partial charge in [0, 0.05) is 18.7 Å². The summed E-state index contributed by atoms with van der Waals surface area (Å²) in [5, 5.41) is 12.4. The van der Waals surface area contributed by atoms with Gasteiger partial charge in [-0.25, -0.2) is 4.39 Å². The van der Waals surface area contributed by atoms with Crippen LogP contribution in [0.3, 0.4) is 0 Å². The normalized spacial score (nSPS) is 11.7. The van der Waals surface area contributed by atoms with Gasteiger partial charge < -0.3 is 10.4 Å². The third-order valence-corrected chi connectivity index (χ3v) is 2.86. The van der Waals surface area contributed by atoms with Crippen molar-refractivity contribution < 1.29 is 14.3 Å². The topological polar surface area (TPSA) is 52.6 Å². The van der Waals surface area contributed by atoms with E-state index in [1.807, 2.05) is 11.8 Å². The number of likely N-dealkylation sites (N-methyl/N-ethyl adjacent to an activating group) is 1. The first kappa shape index (κ1) is 16.6. The van der Waals surface area contributed by atoms with E-state index in [2.05, 4.69) is 5.32 Å². The molecule has 5 heteroatoms. The molecule has 20 heavy (non-hydrogen) atoms. The van der Waals surface area contributed by atoms with Crippen molar-refractivity contribution in [2.24, 2.45) is 0 Å². The molecule has 1 rings (SSSR count). The van der Waals surface area contributed by atoms with Gasteiger partial charge in [-0.05, 0) is 26.5 Å². The Morgan fingerprint density at radius 1 is 1.40 bits per heavy atom. The molecule has 0 radical (unpaired) electrons. The van der Waals surface area contributed by atoms with E-state index in [1.54, 1.807) is 32.0 Å². The van der Waals surface area contributed by atoms with Crippen molar-refractivity contribution in [2.75, 3.05) is 19.6 Å². The summed E-state index contributed by atoms with van der Waals surface area (Å²) in [6, 6.07) is 6.36. The molecule has 0 saturated carbocycles. The summed E-state index contributed by atoms with van der Waals surface area (Å²) >= 11 is 0. The molecule has 0 saturated heterocycles. The summed E-state index contributed by atoms with van der Waals surface area (Å²) in [5.41, 5.74) is -0.381. The van der Waals surface area contributed by atoms with E-state index < -0.39 is 5.60 Å². The van der Waals surface area contributed by atoms with Crippen LogP contribution in [0, 0.1) is 5.82 Å². The van der Waals surface area contributed by atoms with Crippen LogP contribution < -0.4 is 5.32 Å². The molecule has 0 bridgehead atoms. The zero-order valence-electron chi connectivity index (χ0n) is 12.3. The molecule has 1 amide bonds. The maximum absolute atomic E-state index is 13.4. The van der Waals surface area contributed by atoms with Gasteiger partial charge in [-0.3, -0.25) is 9.69 Å². The van der Waals surface area contributed by atoms with E-state index in [1.165, 1.54) is 6.07 Å². The second-order valence-electron chi connectivity index (χ2n) is 5.48. The molecule has 0 aliphatic rings. The second kappa shape index (κ2) is 7.36. The Morgan fingerprint density at radius 2 is 2.05 bits per heavy atom. The SMILES string of the molecule is CCN(CC(=O)NCc1ccccc1F)CC(C)(C)O.